The van der Waals surface area contributed by atoms with E-state index in [1.54, 1.807) is 12.1 Å². The molecule has 0 amide bonds. The average molecular weight is 339 g/mol. The van der Waals surface area contributed by atoms with Crippen molar-refractivity contribution in [2.45, 2.75) is 19.1 Å². The lowest BCUT2D eigenvalue weighted by atomic mass is 9.96. The second-order valence-corrected chi connectivity index (χ2v) is 4.85. The number of carbonyl (C=O) groups is 1. The predicted octanol–water partition coefficient (Wildman–Crippen LogP) is 2.07. The first-order valence-electron chi connectivity index (χ1n) is 6.98. The molecule has 7 nitrogen and oxygen atoms in total. The van der Waals surface area contributed by atoms with Crippen LogP contribution in [-0.2, 0) is 9.53 Å². The first-order valence-corrected chi connectivity index (χ1v) is 6.98. The second kappa shape index (κ2) is 5.95. The topological polar surface area (TPSA) is 81.9 Å². The summed E-state index contributed by atoms with van der Waals surface area (Å²) in [5.74, 6) is -1.20. The van der Waals surface area contributed by atoms with Gasteiger partial charge in [-0.1, -0.05) is 6.07 Å². The molecule has 0 radical (unpaired) electrons. The Labute approximate surface area is 134 Å². The number of pyridine rings is 1. The standard InChI is InChI=1S/C14H12F3N5O2/c1-2-24-12(23)9-10(8-4-3-5-18-6-8)22-13(19-7-20-22)21-11(9)14(15,16)17/h3-7,10H,2H2,1H3,(H,19,20,21). The number of aromatic nitrogens is 4. The van der Waals surface area contributed by atoms with Crippen molar-refractivity contribution in [3.05, 3.63) is 47.7 Å². The summed E-state index contributed by atoms with van der Waals surface area (Å²) in [7, 11) is 0. The van der Waals surface area contributed by atoms with Gasteiger partial charge in [-0.15, -0.1) is 0 Å². The zero-order chi connectivity index (χ0) is 17.3. The summed E-state index contributed by atoms with van der Waals surface area (Å²) in [5.41, 5.74) is -1.44. The van der Waals surface area contributed by atoms with Crippen LogP contribution in [0.15, 0.2) is 42.1 Å². The molecule has 126 valence electrons. The van der Waals surface area contributed by atoms with E-state index < -0.39 is 29.5 Å². The SMILES string of the molecule is CCOC(=O)C1=C(C(F)(F)F)Nc2ncnn2C1c1cccnc1. The number of alkyl halides is 3. The molecule has 24 heavy (non-hydrogen) atoms. The van der Waals surface area contributed by atoms with Gasteiger partial charge in [0.1, 0.15) is 18.1 Å². The monoisotopic (exact) mass is 339 g/mol. The molecular weight excluding hydrogens is 327 g/mol. The summed E-state index contributed by atoms with van der Waals surface area (Å²) in [6.07, 6.45) is -0.840. The van der Waals surface area contributed by atoms with E-state index in [9.17, 15) is 18.0 Å². The highest BCUT2D eigenvalue weighted by atomic mass is 19.4. The summed E-state index contributed by atoms with van der Waals surface area (Å²) in [5, 5.41) is 6.06. The van der Waals surface area contributed by atoms with Crippen LogP contribution in [0.1, 0.15) is 18.5 Å². The molecule has 3 rings (SSSR count). The van der Waals surface area contributed by atoms with Crippen LogP contribution in [-0.4, -0.2) is 38.5 Å². The number of nitrogens with one attached hydrogen (secondary N) is 1. The van der Waals surface area contributed by atoms with Gasteiger partial charge in [0.15, 0.2) is 0 Å². The molecule has 0 bridgehead atoms. The second-order valence-electron chi connectivity index (χ2n) is 4.85. The zero-order valence-corrected chi connectivity index (χ0v) is 12.4. The molecule has 2 aromatic rings. The van der Waals surface area contributed by atoms with Crippen molar-refractivity contribution in [3.8, 4) is 0 Å². The van der Waals surface area contributed by atoms with Gasteiger partial charge in [0.2, 0.25) is 5.95 Å². The maximum absolute atomic E-state index is 13.5. The Balaban J connectivity index is 2.24. The molecule has 0 fully saturated rings. The van der Waals surface area contributed by atoms with Crippen LogP contribution in [0, 0.1) is 0 Å². The maximum atomic E-state index is 13.5. The van der Waals surface area contributed by atoms with Crippen LogP contribution in [0.5, 0.6) is 0 Å². The molecule has 1 atom stereocenters. The van der Waals surface area contributed by atoms with E-state index in [0.717, 1.165) is 6.33 Å². The van der Waals surface area contributed by atoms with Gasteiger partial charge in [0.25, 0.3) is 0 Å². The highest BCUT2D eigenvalue weighted by molar-refractivity contribution is 5.92. The molecule has 1 aliphatic heterocycles. The summed E-state index contributed by atoms with van der Waals surface area (Å²) >= 11 is 0. The van der Waals surface area contributed by atoms with Gasteiger partial charge in [-0.3, -0.25) is 4.98 Å². The van der Waals surface area contributed by atoms with Crippen LogP contribution in [0.2, 0.25) is 0 Å². The molecule has 0 spiro atoms. The summed E-state index contributed by atoms with van der Waals surface area (Å²) in [6, 6.07) is 1.97. The molecule has 0 aromatic carbocycles. The molecule has 0 aliphatic carbocycles. The predicted molar refractivity (Wildman–Crippen MR) is 75.7 cm³/mol. The summed E-state index contributed by atoms with van der Waals surface area (Å²) in [6.45, 7) is 1.46. The fourth-order valence-electron chi connectivity index (χ4n) is 2.46. The quantitative estimate of drug-likeness (QED) is 0.862. The summed E-state index contributed by atoms with van der Waals surface area (Å²) in [4.78, 5) is 19.9. The van der Waals surface area contributed by atoms with Crippen molar-refractivity contribution in [2.75, 3.05) is 11.9 Å². The first-order chi connectivity index (χ1) is 11.4. The molecule has 1 unspecified atom stereocenters. The van der Waals surface area contributed by atoms with E-state index in [4.69, 9.17) is 4.74 Å². The van der Waals surface area contributed by atoms with Crippen molar-refractivity contribution in [2.24, 2.45) is 0 Å². The normalized spacial score (nSPS) is 17.2. The molecule has 0 saturated heterocycles. The number of nitrogens with zero attached hydrogens (tertiary/aromatic N) is 4. The smallest absolute Gasteiger partial charge is 0.431 e. The Morgan fingerprint density at radius 2 is 2.25 bits per heavy atom. The van der Waals surface area contributed by atoms with E-state index in [1.165, 1.54) is 24.0 Å². The van der Waals surface area contributed by atoms with Gasteiger partial charge in [-0.25, -0.2) is 9.48 Å². The van der Waals surface area contributed by atoms with Crippen LogP contribution in [0.3, 0.4) is 0 Å². The third-order valence-electron chi connectivity index (χ3n) is 3.38. The van der Waals surface area contributed by atoms with Crippen molar-refractivity contribution >= 4 is 11.9 Å². The lowest BCUT2D eigenvalue weighted by Gasteiger charge is -2.29. The van der Waals surface area contributed by atoms with Crippen molar-refractivity contribution < 1.29 is 22.7 Å². The molecule has 2 aromatic heterocycles. The van der Waals surface area contributed by atoms with Gasteiger partial charge < -0.3 is 10.1 Å². The minimum absolute atomic E-state index is 0.0581. The number of esters is 1. The fourth-order valence-corrected chi connectivity index (χ4v) is 2.46. The van der Waals surface area contributed by atoms with E-state index in [-0.39, 0.29) is 12.6 Å². The third kappa shape index (κ3) is 2.70. The van der Waals surface area contributed by atoms with Crippen molar-refractivity contribution in [1.29, 1.82) is 0 Å². The highest BCUT2D eigenvalue weighted by Crippen LogP contribution is 2.40. The van der Waals surface area contributed by atoms with E-state index in [0.29, 0.717) is 5.56 Å². The largest absolute Gasteiger partial charge is 0.463 e. The van der Waals surface area contributed by atoms with Crippen LogP contribution < -0.4 is 5.32 Å². The van der Waals surface area contributed by atoms with Crippen molar-refractivity contribution in [1.82, 2.24) is 19.7 Å². The van der Waals surface area contributed by atoms with E-state index in [2.05, 4.69) is 20.4 Å². The van der Waals surface area contributed by atoms with Crippen LogP contribution in [0.25, 0.3) is 0 Å². The number of anilines is 1. The highest BCUT2D eigenvalue weighted by Gasteiger charge is 2.46. The number of halogens is 3. The Kier molecular flexibility index (Phi) is 3.96. The number of hydrogen-bond acceptors (Lipinski definition) is 6. The Morgan fingerprint density at radius 3 is 2.88 bits per heavy atom. The average Bonchev–Trinajstić information content (AvgIpc) is 3.01. The number of hydrogen-bond donors (Lipinski definition) is 1. The number of rotatable bonds is 3. The van der Waals surface area contributed by atoms with Gasteiger partial charge in [-0.2, -0.15) is 23.3 Å². The maximum Gasteiger partial charge on any atom is 0.431 e. The number of ether oxygens (including phenoxy) is 1. The van der Waals surface area contributed by atoms with E-state index in [1.807, 2.05) is 0 Å². The number of carbonyl (C=O) groups excluding carboxylic acids is 1. The van der Waals surface area contributed by atoms with Crippen LogP contribution >= 0.6 is 0 Å². The molecule has 0 saturated carbocycles. The van der Waals surface area contributed by atoms with E-state index >= 15 is 0 Å². The lowest BCUT2D eigenvalue weighted by Crippen LogP contribution is -2.35. The molecule has 1 N–H and O–H groups in total. The Bertz CT molecular complexity index is 785. The molecule has 1 aliphatic rings. The lowest BCUT2D eigenvalue weighted by molar-refractivity contribution is -0.140. The zero-order valence-electron chi connectivity index (χ0n) is 12.4. The molecule has 10 heteroatoms. The number of fused-ring (bicyclic) bond motifs is 1. The summed E-state index contributed by atoms with van der Waals surface area (Å²) < 4.78 is 46.5. The van der Waals surface area contributed by atoms with Crippen molar-refractivity contribution in [3.63, 3.8) is 0 Å². The fraction of sp³-hybridized carbons (Fsp3) is 0.286. The third-order valence-corrected chi connectivity index (χ3v) is 3.38. The number of allylic oxidation sites excluding steroid dienone is 1. The minimum Gasteiger partial charge on any atom is -0.463 e. The Hall–Kier alpha value is -2.91. The van der Waals surface area contributed by atoms with Gasteiger partial charge in [0, 0.05) is 12.4 Å². The van der Waals surface area contributed by atoms with Crippen LogP contribution in [0.4, 0.5) is 19.1 Å². The molecule has 3 heterocycles. The first kappa shape index (κ1) is 16.0. The van der Waals surface area contributed by atoms with Gasteiger partial charge in [0.05, 0.1) is 12.2 Å². The van der Waals surface area contributed by atoms with Gasteiger partial charge >= 0.3 is 12.1 Å². The van der Waals surface area contributed by atoms with Gasteiger partial charge in [-0.05, 0) is 18.6 Å². The minimum atomic E-state index is -4.79. The Morgan fingerprint density at radius 1 is 1.46 bits per heavy atom. The molecular formula is C14H12F3N5O2.